The molecule has 2 N–H and O–H groups in total. The van der Waals surface area contributed by atoms with Crippen LogP contribution < -0.4 is 5.73 Å². The summed E-state index contributed by atoms with van der Waals surface area (Å²) >= 11 is 5.55. The minimum Gasteiger partial charge on any atom is -0.324 e. The van der Waals surface area contributed by atoms with Crippen LogP contribution in [0.4, 0.5) is 4.39 Å². The van der Waals surface area contributed by atoms with Crippen molar-refractivity contribution in [3.63, 3.8) is 0 Å². The first-order chi connectivity index (χ1) is 7.79. The molecule has 0 spiro atoms. The third-order valence-electron chi connectivity index (χ3n) is 2.40. The minimum atomic E-state index is -2.97. The zero-order valence-electron chi connectivity index (χ0n) is 9.49. The van der Waals surface area contributed by atoms with Crippen LogP contribution in [0.25, 0.3) is 0 Å². The fourth-order valence-electron chi connectivity index (χ4n) is 1.48. The van der Waals surface area contributed by atoms with E-state index in [4.69, 9.17) is 17.3 Å². The van der Waals surface area contributed by atoms with Crippen LogP contribution in [0.3, 0.4) is 0 Å². The molecule has 0 saturated heterocycles. The van der Waals surface area contributed by atoms with Crippen molar-refractivity contribution in [2.24, 2.45) is 5.73 Å². The van der Waals surface area contributed by atoms with Crippen molar-refractivity contribution in [3.05, 3.63) is 34.6 Å². The molecular weight excluding hydrogens is 265 g/mol. The van der Waals surface area contributed by atoms with E-state index in [1.807, 2.05) is 0 Å². The van der Waals surface area contributed by atoms with E-state index in [0.29, 0.717) is 18.4 Å². The van der Waals surface area contributed by atoms with E-state index < -0.39 is 15.7 Å². The first kappa shape index (κ1) is 14.4. The van der Waals surface area contributed by atoms with Gasteiger partial charge in [-0.15, -0.1) is 0 Å². The maximum absolute atomic E-state index is 13.2. The summed E-state index contributed by atoms with van der Waals surface area (Å²) in [6.07, 6.45) is 2.14. The summed E-state index contributed by atoms with van der Waals surface area (Å²) < 4.78 is 35.0. The largest absolute Gasteiger partial charge is 0.324 e. The van der Waals surface area contributed by atoms with Crippen LogP contribution in [0.15, 0.2) is 18.2 Å². The lowest BCUT2D eigenvalue weighted by Gasteiger charge is -2.12. The van der Waals surface area contributed by atoms with Crippen LogP contribution in [0.2, 0.25) is 5.02 Å². The molecule has 3 nitrogen and oxygen atoms in total. The Labute approximate surface area is 106 Å². The average Bonchev–Trinajstić information content (AvgIpc) is 2.20. The van der Waals surface area contributed by atoms with Gasteiger partial charge >= 0.3 is 0 Å². The molecule has 1 atom stereocenters. The monoisotopic (exact) mass is 279 g/mol. The lowest BCUT2D eigenvalue weighted by atomic mass is 10.0. The summed E-state index contributed by atoms with van der Waals surface area (Å²) in [5.74, 6) is -0.417. The smallest absolute Gasteiger partial charge is 0.147 e. The Hall–Kier alpha value is -0.650. The van der Waals surface area contributed by atoms with E-state index in [1.165, 1.54) is 18.4 Å². The van der Waals surface area contributed by atoms with Gasteiger partial charge < -0.3 is 5.73 Å². The van der Waals surface area contributed by atoms with Crippen LogP contribution in [0.5, 0.6) is 0 Å². The molecule has 0 amide bonds. The summed E-state index contributed by atoms with van der Waals surface area (Å²) in [7, 11) is -2.97. The van der Waals surface area contributed by atoms with Crippen LogP contribution in [-0.4, -0.2) is 20.4 Å². The van der Waals surface area contributed by atoms with Gasteiger partial charge in [0.1, 0.15) is 15.7 Å². The Morgan fingerprint density at radius 2 is 2.12 bits per heavy atom. The Bertz CT molecular complexity index is 490. The van der Waals surface area contributed by atoms with Crippen molar-refractivity contribution in [1.29, 1.82) is 0 Å². The van der Waals surface area contributed by atoms with E-state index in [-0.39, 0.29) is 16.8 Å². The minimum absolute atomic E-state index is 0.0529. The molecule has 0 aliphatic rings. The SMILES string of the molecule is CS(=O)(=O)CCCC(N)c1ccc(Cl)c(F)c1. The molecule has 0 heterocycles. The van der Waals surface area contributed by atoms with Gasteiger partial charge in [-0.3, -0.25) is 0 Å². The van der Waals surface area contributed by atoms with Crippen LogP contribution in [0, 0.1) is 5.82 Å². The third kappa shape index (κ3) is 5.02. The predicted octanol–water partition coefficient (Wildman–Crippen LogP) is 2.30. The Balaban J connectivity index is 2.58. The molecule has 6 heteroatoms. The molecule has 1 aromatic carbocycles. The Morgan fingerprint density at radius 3 is 2.65 bits per heavy atom. The van der Waals surface area contributed by atoms with Gasteiger partial charge in [0.05, 0.1) is 5.02 Å². The number of hydrogen-bond donors (Lipinski definition) is 1. The average molecular weight is 280 g/mol. The zero-order chi connectivity index (χ0) is 13.1. The Kier molecular flexibility index (Phi) is 4.91. The van der Waals surface area contributed by atoms with E-state index in [1.54, 1.807) is 6.07 Å². The second-order valence-corrected chi connectivity index (χ2v) is 6.72. The molecule has 0 aliphatic heterocycles. The van der Waals surface area contributed by atoms with Gasteiger partial charge in [-0.2, -0.15) is 0 Å². The number of sulfone groups is 1. The van der Waals surface area contributed by atoms with Crippen LogP contribution in [-0.2, 0) is 9.84 Å². The fraction of sp³-hybridized carbons (Fsp3) is 0.455. The van der Waals surface area contributed by atoms with E-state index >= 15 is 0 Å². The van der Waals surface area contributed by atoms with Crippen molar-refractivity contribution in [3.8, 4) is 0 Å². The molecule has 0 fully saturated rings. The molecule has 0 aliphatic carbocycles. The first-order valence-electron chi connectivity index (χ1n) is 5.18. The summed E-state index contributed by atoms with van der Waals surface area (Å²) in [6.45, 7) is 0. The summed E-state index contributed by atoms with van der Waals surface area (Å²) in [4.78, 5) is 0. The van der Waals surface area contributed by atoms with Crippen LogP contribution in [0.1, 0.15) is 24.4 Å². The number of benzene rings is 1. The normalized spacial score (nSPS) is 13.6. The summed E-state index contributed by atoms with van der Waals surface area (Å²) in [5, 5.41) is 0.0529. The maximum atomic E-state index is 13.2. The standard InChI is InChI=1S/C11H15ClFNO2S/c1-17(15,16)6-2-3-11(14)8-4-5-9(12)10(13)7-8/h4-5,7,11H,2-3,6,14H2,1H3. The van der Waals surface area contributed by atoms with Gasteiger partial charge in [0.2, 0.25) is 0 Å². The molecule has 96 valence electrons. The summed E-state index contributed by atoms with van der Waals surface area (Å²) in [6, 6.07) is 4.01. The second-order valence-electron chi connectivity index (χ2n) is 4.05. The topological polar surface area (TPSA) is 60.2 Å². The van der Waals surface area contributed by atoms with Crippen molar-refractivity contribution in [1.82, 2.24) is 0 Å². The molecule has 17 heavy (non-hydrogen) atoms. The molecule has 1 unspecified atom stereocenters. The fourth-order valence-corrected chi connectivity index (χ4v) is 2.28. The number of nitrogens with two attached hydrogens (primary N) is 1. The van der Waals surface area contributed by atoms with Crippen molar-refractivity contribution in [2.75, 3.05) is 12.0 Å². The van der Waals surface area contributed by atoms with Gasteiger partial charge in [-0.25, -0.2) is 12.8 Å². The number of hydrogen-bond acceptors (Lipinski definition) is 3. The highest BCUT2D eigenvalue weighted by atomic mass is 35.5. The highest BCUT2D eigenvalue weighted by molar-refractivity contribution is 7.90. The molecule has 1 aromatic rings. The lowest BCUT2D eigenvalue weighted by Crippen LogP contribution is -2.13. The molecule has 0 radical (unpaired) electrons. The van der Waals surface area contributed by atoms with Gasteiger partial charge in [0.15, 0.2) is 0 Å². The summed E-state index contributed by atoms with van der Waals surface area (Å²) in [5.41, 5.74) is 6.46. The molecule has 0 bridgehead atoms. The second kappa shape index (κ2) is 5.80. The first-order valence-corrected chi connectivity index (χ1v) is 7.61. The van der Waals surface area contributed by atoms with Gasteiger partial charge in [0.25, 0.3) is 0 Å². The molecule has 1 rings (SSSR count). The van der Waals surface area contributed by atoms with Gasteiger partial charge in [0, 0.05) is 18.1 Å². The number of halogens is 2. The third-order valence-corrected chi connectivity index (χ3v) is 3.74. The van der Waals surface area contributed by atoms with Crippen LogP contribution >= 0.6 is 11.6 Å². The molecular formula is C11H15ClFNO2S. The van der Waals surface area contributed by atoms with Gasteiger partial charge in [-0.05, 0) is 30.5 Å². The highest BCUT2D eigenvalue weighted by Gasteiger charge is 2.10. The highest BCUT2D eigenvalue weighted by Crippen LogP contribution is 2.21. The number of rotatable bonds is 5. The zero-order valence-corrected chi connectivity index (χ0v) is 11.1. The molecule has 0 saturated carbocycles. The van der Waals surface area contributed by atoms with E-state index in [0.717, 1.165) is 0 Å². The van der Waals surface area contributed by atoms with Crippen molar-refractivity contribution >= 4 is 21.4 Å². The predicted molar refractivity (Wildman–Crippen MR) is 67.3 cm³/mol. The van der Waals surface area contributed by atoms with Gasteiger partial charge in [-0.1, -0.05) is 17.7 Å². The van der Waals surface area contributed by atoms with Crippen molar-refractivity contribution < 1.29 is 12.8 Å². The van der Waals surface area contributed by atoms with E-state index in [2.05, 4.69) is 0 Å². The van der Waals surface area contributed by atoms with E-state index in [9.17, 15) is 12.8 Å². The maximum Gasteiger partial charge on any atom is 0.147 e. The lowest BCUT2D eigenvalue weighted by molar-refractivity contribution is 0.584. The Morgan fingerprint density at radius 1 is 1.47 bits per heavy atom. The quantitative estimate of drug-likeness (QED) is 0.900. The molecule has 0 aromatic heterocycles. The van der Waals surface area contributed by atoms with Crippen molar-refractivity contribution in [2.45, 2.75) is 18.9 Å².